The molecule has 5 amide bonds. The molecule has 2 saturated carbocycles. The van der Waals surface area contributed by atoms with Crippen LogP contribution >= 0.6 is 0 Å². The van der Waals surface area contributed by atoms with Crippen LogP contribution in [0.3, 0.4) is 0 Å². The van der Waals surface area contributed by atoms with E-state index in [2.05, 4.69) is 20.9 Å². The van der Waals surface area contributed by atoms with E-state index in [1.807, 2.05) is 13.8 Å². The maximum Gasteiger partial charge on any atom is 0.316 e. The third kappa shape index (κ3) is 6.75. The molecule has 13 nitrogen and oxygen atoms in total. The number of nitrogens with two attached hydrogens (primary N) is 1. The summed E-state index contributed by atoms with van der Waals surface area (Å²) in [5.41, 5.74) is 4.30. The van der Waals surface area contributed by atoms with Gasteiger partial charge in [-0.3, -0.25) is 24.0 Å². The Hall–Kier alpha value is -3.77. The zero-order valence-corrected chi connectivity index (χ0v) is 25.9. The number of nitrogens with one attached hydrogen (secondary N) is 3. The fourth-order valence-electron chi connectivity index (χ4n) is 6.30. The Labute approximate surface area is 251 Å². The molecule has 3 aliphatic rings. The number of hydrogen-bond acceptors (Lipinski definition) is 8. The molecule has 43 heavy (non-hydrogen) atoms. The van der Waals surface area contributed by atoms with Crippen molar-refractivity contribution in [2.45, 2.75) is 91.9 Å². The Balaban J connectivity index is 1.53. The van der Waals surface area contributed by atoms with Crippen LogP contribution in [0, 0.1) is 34.5 Å². The van der Waals surface area contributed by atoms with Crippen molar-refractivity contribution in [2.75, 3.05) is 6.54 Å². The minimum absolute atomic E-state index is 0.0547. The van der Waals surface area contributed by atoms with Crippen LogP contribution in [-0.4, -0.2) is 75.9 Å². The lowest BCUT2D eigenvalue weighted by atomic mass is 9.85. The highest BCUT2D eigenvalue weighted by Gasteiger charge is 2.70. The van der Waals surface area contributed by atoms with Crippen molar-refractivity contribution < 1.29 is 33.2 Å². The van der Waals surface area contributed by atoms with E-state index in [0.717, 1.165) is 12.8 Å². The van der Waals surface area contributed by atoms with Crippen molar-refractivity contribution in [3.05, 3.63) is 18.4 Å². The van der Waals surface area contributed by atoms with Crippen LogP contribution in [0.25, 0.3) is 0 Å². The molecule has 13 heteroatoms. The van der Waals surface area contributed by atoms with Crippen molar-refractivity contribution in [2.24, 2.45) is 40.2 Å². The van der Waals surface area contributed by atoms with Crippen LogP contribution in [0.15, 0.2) is 16.9 Å². The molecular formula is C30H44N6O7. The van der Waals surface area contributed by atoms with Gasteiger partial charge in [0.25, 0.3) is 11.8 Å². The first-order valence-electron chi connectivity index (χ1n) is 14.9. The molecule has 0 radical (unpaired) electrons. The smallest absolute Gasteiger partial charge is 0.316 e. The third-order valence-corrected chi connectivity index (χ3v) is 9.17. The number of piperidine rings is 1. The monoisotopic (exact) mass is 600 g/mol. The number of nitrogens with zero attached hydrogens (tertiary/aromatic N) is 2. The average Bonchev–Trinajstić information content (AvgIpc) is 3.60. The van der Waals surface area contributed by atoms with E-state index in [0.29, 0.717) is 13.0 Å². The minimum Gasteiger partial charge on any atom is -0.442 e. The number of likely N-dealkylation sites (tertiary alicyclic amines) is 1. The van der Waals surface area contributed by atoms with Gasteiger partial charge >= 0.3 is 6.03 Å². The van der Waals surface area contributed by atoms with Gasteiger partial charge in [0.2, 0.25) is 23.4 Å². The first kappa shape index (κ1) is 32.2. The Morgan fingerprint density at radius 3 is 2.26 bits per heavy atom. The fraction of sp³-hybridized carbons (Fsp3) is 0.700. The predicted molar refractivity (Wildman–Crippen MR) is 154 cm³/mol. The second kappa shape index (κ2) is 11.7. The zero-order chi connectivity index (χ0) is 32.0. The number of carbonyl (C=O) groups excluding carboxylic acids is 6. The summed E-state index contributed by atoms with van der Waals surface area (Å²) in [5.74, 6) is -3.74. The van der Waals surface area contributed by atoms with Gasteiger partial charge in [0, 0.05) is 6.54 Å². The highest BCUT2D eigenvalue weighted by Crippen LogP contribution is 2.65. The molecule has 1 aromatic heterocycles. The molecule has 6 atom stereocenters. The second-order valence-electron chi connectivity index (χ2n) is 14.2. The summed E-state index contributed by atoms with van der Waals surface area (Å²) in [6, 6.07) is -4.68. The SMILES string of the molecule is CC(C)[C@H](NC(=O)N[C@H](C(=O)N1C[C@H]2[C@@H](C1C(=O)NC(CC1CC1)C(=O)C(N)=O)C2(C)C)C(C)(C)C)C(=O)c1ncco1. The van der Waals surface area contributed by atoms with Gasteiger partial charge in [0.15, 0.2) is 0 Å². The van der Waals surface area contributed by atoms with Gasteiger partial charge in [-0.1, -0.05) is 61.3 Å². The zero-order valence-electron chi connectivity index (χ0n) is 25.9. The lowest BCUT2D eigenvalue weighted by Crippen LogP contribution is -2.62. The molecule has 0 spiro atoms. The van der Waals surface area contributed by atoms with Gasteiger partial charge in [-0.2, -0.15) is 0 Å². The first-order valence-corrected chi connectivity index (χ1v) is 14.9. The molecule has 2 heterocycles. The normalized spacial score (nSPS) is 24.4. The lowest BCUT2D eigenvalue weighted by Gasteiger charge is -2.38. The molecule has 1 saturated heterocycles. The van der Waals surface area contributed by atoms with Crippen molar-refractivity contribution in [3.8, 4) is 0 Å². The van der Waals surface area contributed by atoms with Gasteiger partial charge in [0.1, 0.15) is 24.4 Å². The molecule has 236 valence electrons. The van der Waals surface area contributed by atoms with Crippen LogP contribution in [-0.2, 0) is 19.2 Å². The number of rotatable bonds is 12. The van der Waals surface area contributed by atoms with E-state index in [9.17, 15) is 28.8 Å². The topological polar surface area (TPSA) is 194 Å². The van der Waals surface area contributed by atoms with Gasteiger partial charge in [-0.05, 0) is 40.9 Å². The molecule has 0 bridgehead atoms. The molecule has 4 rings (SSSR count). The van der Waals surface area contributed by atoms with Gasteiger partial charge in [-0.25, -0.2) is 9.78 Å². The van der Waals surface area contributed by atoms with Gasteiger partial charge < -0.3 is 31.0 Å². The van der Waals surface area contributed by atoms with E-state index >= 15 is 0 Å². The molecule has 5 N–H and O–H groups in total. The summed E-state index contributed by atoms with van der Waals surface area (Å²) in [6.07, 6.45) is 4.75. The highest BCUT2D eigenvalue weighted by molar-refractivity contribution is 6.37. The van der Waals surface area contributed by atoms with Crippen molar-refractivity contribution in [1.82, 2.24) is 25.8 Å². The van der Waals surface area contributed by atoms with E-state index in [-0.39, 0.29) is 35.0 Å². The number of hydrogen-bond donors (Lipinski definition) is 4. The molecule has 3 fully saturated rings. The minimum atomic E-state index is -1.11. The summed E-state index contributed by atoms with van der Waals surface area (Å²) in [6.45, 7) is 13.3. The molecular weight excluding hydrogens is 556 g/mol. The van der Waals surface area contributed by atoms with E-state index < -0.39 is 64.9 Å². The van der Waals surface area contributed by atoms with Crippen LogP contribution in [0.1, 0.15) is 78.4 Å². The number of aromatic nitrogens is 1. The number of urea groups is 1. The van der Waals surface area contributed by atoms with E-state index in [4.69, 9.17) is 10.2 Å². The largest absolute Gasteiger partial charge is 0.442 e. The summed E-state index contributed by atoms with van der Waals surface area (Å²) < 4.78 is 5.12. The molecule has 0 aromatic carbocycles. The van der Waals surface area contributed by atoms with Gasteiger partial charge in [-0.15, -0.1) is 0 Å². The number of primary amides is 1. The second-order valence-corrected chi connectivity index (χ2v) is 14.2. The highest BCUT2D eigenvalue weighted by atomic mass is 16.3. The van der Waals surface area contributed by atoms with Crippen LogP contribution in [0.4, 0.5) is 4.79 Å². The maximum atomic E-state index is 14.1. The number of ketones is 2. The number of fused-ring (bicyclic) bond motifs is 1. The van der Waals surface area contributed by atoms with E-state index in [1.165, 1.54) is 17.4 Å². The maximum absolute atomic E-state index is 14.1. The quantitative estimate of drug-likeness (QED) is 0.204. The van der Waals surface area contributed by atoms with Crippen molar-refractivity contribution in [3.63, 3.8) is 0 Å². The summed E-state index contributed by atoms with van der Waals surface area (Å²) in [5, 5.41) is 8.14. The Kier molecular flexibility index (Phi) is 8.77. The Morgan fingerprint density at radius 2 is 1.74 bits per heavy atom. The molecule has 2 unspecified atom stereocenters. The average molecular weight is 601 g/mol. The molecule has 1 aliphatic heterocycles. The summed E-state index contributed by atoms with van der Waals surface area (Å²) in [7, 11) is 0. The Morgan fingerprint density at radius 1 is 1.09 bits per heavy atom. The number of Topliss-reactive ketones (excluding diaryl/α,β-unsaturated/α-hetero) is 2. The Bertz CT molecular complexity index is 1280. The van der Waals surface area contributed by atoms with Crippen LogP contribution in [0.5, 0.6) is 0 Å². The van der Waals surface area contributed by atoms with E-state index in [1.54, 1.807) is 34.6 Å². The summed E-state index contributed by atoms with van der Waals surface area (Å²) >= 11 is 0. The first-order chi connectivity index (χ1) is 19.9. The predicted octanol–water partition coefficient (Wildman–Crippen LogP) is 1.42. The van der Waals surface area contributed by atoms with Crippen LogP contribution < -0.4 is 21.7 Å². The standard InChI is InChI=1S/C30H44N6O7/c1-14(2)19(22(38)26-32-10-11-43-26)34-28(42)35-23(29(3,4)5)27(41)36-13-16-18(30(16,6)7)20(36)25(40)33-17(12-15-8-9-15)21(37)24(31)39/h10-11,14-20,23H,8-9,12-13H2,1-7H3,(H2,31,39)(H,33,40)(H2,34,35,42)/t16-,17?,18-,19-,20?,23+/m0/s1. The lowest BCUT2D eigenvalue weighted by molar-refractivity contribution is -0.145. The van der Waals surface area contributed by atoms with Gasteiger partial charge in [0.05, 0.1) is 12.2 Å². The summed E-state index contributed by atoms with van der Waals surface area (Å²) in [4.78, 5) is 83.7. The van der Waals surface area contributed by atoms with Crippen molar-refractivity contribution in [1.29, 1.82) is 0 Å². The fourth-order valence-corrected chi connectivity index (χ4v) is 6.30. The van der Waals surface area contributed by atoms with Crippen molar-refractivity contribution >= 4 is 35.3 Å². The molecule has 1 aromatic rings. The van der Waals surface area contributed by atoms with Crippen LogP contribution in [0.2, 0.25) is 0 Å². The number of amides is 5. The third-order valence-electron chi connectivity index (χ3n) is 9.17. The number of carbonyl (C=O) groups is 6. The molecule has 2 aliphatic carbocycles. The number of oxazole rings is 1.